The van der Waals surface area contributed by atoms with Gasteiger partial charge in [0.2, 0.25) is 0 Å². The molecule has 2 fully saturated rings. The molecule has 1 aromatic carbocycles. The molecular weight excluding hydrogens is 306 g/mol. The summed E-state index contributed by atoms with van der Waals surface area (Å²) in [5, 5.41) is 0. The Morgan fingerprint density at radius 3 is 2.29 bits per heavy atom. The number of hydrogen-bond acceptors (Lipinski definition) is 4. The van der Waals surface area contributed by atoms with Gasteiger partial charge in [0.15, 0.2) is 0 Å². The maximum absolute atomic E-state index is 12.6. The van der Waals surface area contributed by atoms with Crippen molar-refractivity contribution >= 4 is 12.1 Å². The second kappa shape index (κ2) is 6.11. The number of carbonyl (C=O) groups excluding carboxylic acids is 2. The number of nitrogens with zero attached hydrogens (tertiary/aromatic N) is 1. The molecule has 1 amide bonds. The molecule has 3 rings (SSSR count). The normalized spacial score (nSPS) is 25.7. The fourth-order valence-corrected chi connectivity index (χ4v) is 3.70. The van der Waals surface area contributed by atoms with Crippen molar-refractivity contribution in [1.82, 2.24) is 4.90 Å². The van der Waals surface area contributed by atoms with E-state index in [9.17, 15) is 9.59 Å². The van der Waals surface area contributed by atoms with Gasteiger partial charge in [-0.15, -0.1) is 0 Å². The molecule has 1 aliphatic carbocycles. The maximum atomic E-state index is 12.6. The first kappa shape index (κ1) is 16.8. The van der Waals surface area contributed by atoms with Gasteiger partial charge in [0, 0.05) is 6.54 Å². The van der Waals surface area contributed by atoms with Crippen LogP contribution in [0.5, 0.6) is 0 Å². The van der Waals surface area contributed by atoms with E-state index >= 15 is 0 Å². The van der Waals surface area contributed by atoms with Crippen molar-refractivity contribution in [2.45, 2.75) is 45.3 Å². The van der Waals surface area contributed by atoms with Crippen molar-refractivity contribution in [3.63, 3.8) is 0 Å². The third kappa shape index (κ3) is 3.12. The minimum absolute atomic E-state index is 0.0327. The molecule has 5 nitrogen and oxygen atoms in total. The van der Waals surface area contributed by atoms with Crippen LogP contribution in [0.1, 0.15) is 55.6 Å². The number of rotatable bonds is 2. The van der Waals surface area contributed by atoms with E-state index in [1.807, 2.05) is 37.8 Å². The quantitative estimate of drug-likeness (QED) is 0.774. The van der Waals surface area contributed by atoms with E-state index in [0.717, 1.165) is 18.5 Å². The molecule has 0 spiro atoms. The van der Waals surface area contributed by atoms with Crippen LogP contribution >= 0.6 is 0 Å². The van der Waals surface area contributed by atoms with Crippen LogP contribution in [-0.2, 0) is 9.47 Å². The first-order valence-electron chi connectivity index (χ1n) is 8.48. The Morgan fingerprint density at radius 1 is 1.12 bits per heavy atom. The second-order valence-corrected chi connectivity index (χ2v) is 7.69. The number of ether oxygens (including phenoxy) is 2. The van der Waals surface area contributed by atoms with E-state index < -0.39 is 5.60 Å². The van der Waals surface area contributed by atoms with Gasteiger partial charge in [0.1, 0.15) is 5.60 Å². The fraction of sp³-hybridized carbons (Fsp3) is 0.579. The summed E-state index contributed by atoms with van der Waals surface area (Å²) in [4.78, 5) is 26.1. The highest BCUT2D eigenvalue weighted by Gasteiger charge is 2.50. The van der Waals surface area contributed by atoms with Crippen LogP contribution in [0.3, 0.4) is 0 Å². The Balaban J connectivity index is 1.83. The molecule has 0 radical (unpaired) electrons. The highest BCUT2D eigenvalue weighted by molar-refractivity contribution is 5.89. The third-order valence-electron chi connectivity index (χ3n) is 4.95. The number of carbonyl (C=O) groups is 2. The number of methoxy groups -OCH3 is 1. The van der Waals surface area contributed by atoms with Gasteiger partial charge in [0.05, 0.1) is 18.7 Å². The number of hydrogen-bond donors (Lipinski definition) is 0. The van der Waals surface area contributed by atoms with Crippen LogP contribution in [0.2, 0.25) is 0 Å². The lowest BCUT2D eigenvalue weighted by atomic mass is 9.71. The summed E-state index contributed by atoms with van der Waals surface area (Å²) >= 11 is 0. The number of amides is 1. The molecule has 0 N–H and O–H groups in total. The van der Waals surface area contributed by atoms with E-state index in [4.69, 9.17) is 9.47 Å². The lowest BCUT2D eigenvalue weighted by molar-refractivity contribution is 0.0206. The van der Waals surface area contributed by atoms with Gasteiger partial charge in [0.25, 0.3) is 0 Å². The summed E-state index contributed by atoms with van der Waals surface area (Å²) < 4.78 is 10.3. The van der Waals surface area contributed by atoms with E-state index in [-0.39, 0.29) is 18.1 Å². The Morgan fingerprint density at radius 2 is 1.79 bits per heavy atom. The molecular formula is C19H25NO4. The first-order chi connectivity index (χ1) is 11.3. The average Bonchev–Trinajstić information content (AvgIpc) is 2.76. The zero-order chi connectivity index (χ0) is 17.5. The Hall–Kier alpha value is -2.04. The van der Waals surface area contributed by atoms with Crippen LogP contribution < -0.4 is 0 Å². The topological polar surface area (TPSA) is 55.8 Å². The summed E-state index contributed by atoms with van der Waals surface area (Å²) in [6, 6.07) is 7.41. The van der Waals surface area contributed by atoms with Gasteiger partial charge in [-0.05, 0) is 63.1 Å². The van der Waals surface area contributed by atoms with E-state index in [1.165, 1.54) is 13.5 Å². The van der Waals surface area contributed by atoms with E-state index in [2.05, 4.69) is 0 Å². The molecule has 0 aromatic heterocycles. The smallest absolute Gasteiger partial charge is 0.410 e. The minimum atomic E-state index is -0.502. The number of benzene rings is 1. The van der Waals surface area contributed by atoms with Crippen molar-refractivity contribution in [2.24, 2.45) is 11.8 Å². The van der Waals surface area contributed by atoms with Crippen LogP contribution in [-0.4, -0.2) is 36.2 Å². The predicted molar refractivity (Wildman–Crippen MR) is 89.7 cm³/mol. The molecule has 1 aliphatic heterocycles. The molecule has 0 bridgehead atoms. The third-order valence-corrected chi connectivity index (χ3v) is 4.95. The summed E-state index contributed by atoms with van der Waals surface area (Å²) in [5.74, 6) is 0.697. The van der Waals surface area contributed by atoms with Crippen LogP contribution in [0.4, 0.5) is 4.79 Å². The van der Waals surface area contributed by atoms with Gasteiger partial charge in [-0.1, -0.05) is 12.1 Å². The van der Waals surface area contributed by atoms with Gasteiger partial charge in [-0.2, -0.15) is 0 Å². The molecule has 1 heterocycles. The molecule has 1 saturated heterocycles. The predicted octanol–water partition coefficient (Wildman–Crippen LogP) is 3.79. The van der Waals surface area contributed by atoms with Crippen LogP contribution in [0.25, 0.3) is 0 Å². The van der Waals surface area contributed by atoms with Crippen molar-refractivity contribution in [3.05, 3.63) is 35.4 Å². The zero-order valence-electron chi connectivity index (χ0n) is 14.7. The minimum Gasteiger partial charge on any atom is -0.465 e. The van der Waals surface area contributed by atoms with E-state index in [1.54, 1.807) is 12.1 Å². The summed E-state index contributed by atoms with van der Waals surface area (Å²) in [6.07, 6.45) is 2.05. The second-order valence-electron chi connectivity index (χ2n) is 7.69. The van der Waals surface area contributed by atoms with Crippen molar-refractivity contribution < 1.29 is 19.1 Å². The summed E-state index contributed by atoms with van der Waals surface area (Å²) in [5.41, 5.74) is 1.08. The molecule has 130 valence electrons. The Labute approximate surface area is 142 Å². The molecule has 24 heavy (non-hydrogen) atoms. The molecule has 1 aromatic rings. The molecule has 1 saturated carbocycles. The van der Waals surface area contributed by atoms with Gasteiger partial charge in [-0.3, -0.25) is 0 Å². The largest absolute Gasteiger partial charge is 0.465 e. The number of likely N-dealkylation sites (tertiary alicyclic amines) is 1. The highest BCUT2D eigenvalue weighted by atomic mass is 16.6. The molecule has 2 aliphatic rings. The molecule has 3 unspecified atom stereocenters. The first-order valence-corrected chi connectivity index (χ1v) is 8.48. The van der Waals surface area contributed by atoms with Crippen LogP contribution in [0, 0.1) is 11.8 Å². The molecule has 5 heteroatoms. The zero-order valence-corrected chi connectivity index (χ0v) is 14.7. The maximum Gasteiger partial charge on any atom is 0.410 e. The Kier molecular flexibility index (Phi) is 4.28. The monoisotopic (exact) mass is 331 g/mol. The van der Waals surface area contributed by atoms with Gasteiger partial charge in [-0.25, -0.2) is 9.59 Å². The van der Waals surface area contributed by atoms with E-state index in [0.29, 0.717) is 17.4 Å². The van der Waals surface area contributed by atoms with Crippen molar-refractivity contribution in [1.29, 1.82) is 0 Å². The lowest BCUT2D eigenvalue weighted by Gasteiger charge is -2.34. The molecule has 3 atom stereocenters. The number of fused-ring (bicyclic) bond motifs is 1. The van der Waals surface area contributed by atoms with Crippen molar-refractivity contribution in [3.8, 4) is 0 Å². The Bertz CT molecular complexity index is 632. The van der Waals surface area contributed by atoms with Crippen molar-refractivity contribution in [2.75, 3.05) is 13.7 Å². The SMILES string of the molecule is COC(=O)c1ccc(C2C3CCC3CN2C(=O)OC(C)(C)C)cc1. The number of esters is 1. The standard InChI is InChI=1S/C19H25NO4/c1-19(2,3)24-18(22)20-11-14-9-10-15(14)16(20)12-5-7-13(8-6-12)17(21)23-4/h5-8,14-16H,9-11H2,1-4H3. The summed E-state index contributed by atoms with van der Waals surface area (Å²) in [6.45, 7) is 6.41. The van der Waals surface area contributed by atoms with Crippen LogP contribution in [0.15, 0.2) is 24.3 Å². The summed E-state index contributed by atoms with van der Waals surface area (Å²) in [7, 11) is 1.37. The lowest BCUT2D eigenvalue weighted by Crippen LogP contribution is -2.37. The highest BCUT2D eigenvalue weighted by Crippen LogP contribution is 2.52. The van der Waals surface area contributed by atoms with Gasteiger partial charge < -0.3 is 14.4 Å². The van der Waals surface area contributed by atoms with Gasteiger partial charge >= 0.3 is 12.1 Å². The average molecular weight is 331 g/mol. The fourth-order valence-electron chi connectivity index (χ4n) is 3.70.